The van der Waals surface area contributed by atoms with Crippen molar-refractivity contribution in [3.05, 3.63) is 64.9 Å². The fraction of sp³-hybridized carbons (Fsp3) is 0.200. The Morgan fingerprint density at radius 3 is 2.75 bits per heavy atom. The Morgan fingerprint density at radius 2 is 2.05 bits per heavy atom. The van der Waals surface area contributed by atoms with Crippen molar-refractivity contribution in [1.29, 1.82) is 0 Å². The molecule has 0 saturated carbocycles. The summed E-state index contributed by atoms with van der Waals surface area (Å²) in [5.74, 6) is 0. The first kappa shape index (κ1) is 14.3. The third-order valence-corrected chi connectivity index (χ3v) is 2.93. The Balaban J connectivity index is 1.86. The minimum Gasteiger partial charge on any atom is -0.445 e. The van der Waals surface area contributed by atoms with Gasteiger partial charge < -0.3 is 9.64 Å². The van der Waals surface area contributed by atoms with Crippen LogP contribution in [0.5, 0.6) is 0 Å². The lowest BCUT2D eigenvalue weighted by molar-refractivity contribution is 0.102. The molecule has 4 nitrogen and oxygen atoms in total. The van der Waals surface area contributed by atoms with Crippen molar-refractivity contribution < 1.29 is 9.53 Å². The first-order valence-corrected chi connectivity index (χ1v) is 6.55. The average molecular weight is 291 g/mol. The number of amides is 1. The van der Waals surface area contributed by atoms with Crippen molar-refractivity contribution in [2.45, 2.75) is 13.2 Å². The maximum Gasteiger partial charge on any atom is 0.410 e. The normalized spacial score (nSPS) is 10.1. The quantitative estimate of drug-likeness (QED) is 0.865. The molecule has 0 aliphatic heterocycles. The number of rotatable bonds is 4. The Hall–Kier alpha value is -2.07. The van der Waals surface area contributed by atoms with Crippen LogP contribution >= 0.6 is 11.6 Å². The summed E-state index contributed by atoms with van der Waals surface area (Å²) < 4.78 is 5.22. The summed E-state index contributed by atoms with van der Waals surface area (Å²) in [6.07, 6.45) is 1.22. The van der Waals surface area contributed by atoms with E-state index in [9.17, 15) is 4.79 Å². The van der Waals surface area contributed by atoms with E-state index in [0.29, 0.717) is 11.6 Å². The van der Waals surface area contributed by atoms with Gasteiger partial charge in [-0.25, -0.2) is 4.79 Å². The number of halogens is 1. The minimum atomic E-state index is -0.393. The molecule has 0 N–H and O–H groups in total. The number of aromatic nitrogens is 1. The number of pyridine rings is 1. The smallest absolute Gasteiger partial charge is 0.410 e. The predicted molar refractivity (Wildman–Crippen MR) is 77.3 cm³/mol. The molecule has 0 saturated heterocycles. The number of carbonyl (C=O) groups excluding carboxylic acids is 1. The molecule has 0 bridgehead atoms. The fourth-order valence-electron chi connectivity index (χ4n) is 1.67. The third kappa shape index (κ3) is 4.24. The molecule has 104 valence electrons. The lowest BCUT2D eigenvalue weighted by Gasteiger charge is -2.16. The lowest BCUT2D eigenvalue weighted by Crippen LogP contribution is -2.27. The maximum absolute atomic E-state index is 11.8. The number of benzene rings is 1. The zero-order valence-electron chi connectivity index (χ0n) is 11.1. The van der Waals surface area contributed by atoms with Gasteiger partial charge in [-0.2, -0.15) is 0 Å². The van der Waals surface area contributed by atoms with Crippen molar-refractivity contribution in [1.82, 2.24) is 9.88 Å². The van der Waals surface area contributed by atoms with Crippen LogP contribution in [-0.2, 0) is 17.9 Å². The minimum absolute atomic E-state index is 0.257. The van der Waals surface area contributed by atoms with Crippen LogP contribution in [-0.4, -0.2) is 23.0 Å². The van der Waals surface area contributed by atoms with E-state index in [2.05, 4.69) is 4.98 Å². The van der Waals surface area contributed by atoms with Crippen LogP contribution in [0.1, 0.15) is 11.3 Å². The Labute approximate surface area is 123 Å². The SMILES string of the molecule is CN(Cc1cc(Cl)ccn1)C(=O)OCc1ccccc1. The summed E-state index contributed by atoms with van der Waals surface area (Å²) >= 11 is 5.87. The molecule has 20 heavy (non-hydrogen) atoms. The number of hydrogen-bond acceptors (Lipinski definition) is 3. The molecule has 1 aromatic carbocycles. The molecule has 0 spiro atoms. The van der Waals surface area contributed by atoms with Gasteiger partial charge >= 0.3 is 6.09 Å². The highest BCUT2D eigenvalue weighted by atomic mass is 35.5. The van der Waals surface area contributed by atoms with Crippen LogP contribution in [0.15, 0.2) is 48.7 Å². The summed E-state index contributed by atoms with van der Waals surface area (Å²) in [5.41, 5.74) is 1.67. The highest BCUT2D eigenvalue weighted by Crippen LogP contribution is 2.10. The van der Waals surface area contributed by atoms with Gasteiger partial charge in [-0.1, -0.05) is 41.9 Å². The van der Waals surface area contributed by atoms with Crippen LogP contribution < -0.4 is 0 Å². The molecule has 0 aliphatic carbocycles. The first-order chi connectivity index (χ1) is 9.65. The zero-order chi connectivity index (χ0) is 14.4. The molecule has 5 heteroatoms. The van der Waals surface area contributed by atoms with Crippen LogP contribution in [0, 0.1) is 0 Å². The van der Waals surface area contributed by atoms with Crippen LogP contribution in [0.25, 0.3) is 0 Å². The second kappa shape index (κ2) is 6.91. The summed E-state index contributed by atoms with van der Waals surface area (Å²) in [6, 6.07) is 13.0. The summed E-state index contributed by atoms with van der Waals surface area (Å²) in [6.45, 7) is 0.612. The van der Waals surface area contributed by atoms with Gasteiger partial charge in [0, 0.05) is 18.3 Å². The van der Waals surface area contributed by atoms with E-state index in [0.717, 1.165) is 11.3 Å². The molecule has 0 unspecified atom stereocenters. The van der Waals surface area contributed by atoms with E-state index in [1.54, 1.807) is 25.4 Å². The van der Waals surface area contributed by atoms with Crippen LogP contribution in [0.4, 0.5) is 4.79 Å². The van der Waals surface area contributed by atoms with Crippen LogP contribution in [0.3, 0.4) is 0 Å². The number of nitrogens with zero attached hydrogens (tertiary/aromatic N) is 2. The molecule has 0 fully saturated rings. The summed E-state index contributed by atoms with van der Waals surface area (Å²) in [7, 11) is 1.66. The van der Waals surface area contributed by atoms with E-state index in [4.69, 9.17) is 16.3 Å². The number of carbonyl (C=O) groups is 1. The maximum atomic E-state index is 11.8. The molecule has 0 aliphatic rings. The van der Waals surface area contributed by atoms with Gasteiger partial charge in [0.2, 0.25) is 0 Å². The van der Waals surface area contributed by atoms with Gasteiger partial charge in [0.1, 0.15) is 6.61 Å². The van der Waals surface area contributed by atoms with Crippen LogP contribution in [0.2, 0.25) is 5.02 Å². The molecular weight excluding hydrogens is 276 g/mol. The molecule has 1 aromatic heterocycles. The van der Waals surface area contributed by atoms with Gasteiger partial charge in [-0.3, -0.25) is 4.98 Å². The molecule has 2 rings (SSSR count). The molecule has 2 aromatic rings. The average Bonchev–Trinajstić information content (AvgIpc) is 2.46. The van der Waals surface area contributed by atoms with Gasteiger partial charge in [-0.05, 0) is 17.7 Å². The van der Waals surface area contributed by atoms with E-state index >= 15 is 0 Å². The van der Waals surface area contributed by atoms with Gasteiger partial charge in [0.25, 0.3) is 0 Å². The molecule has 1 heterocycles. The second-order valence-electron chi connectivity index (χ2n) is 4.36. The van der Waals surface area contributed by atoms with Gasteiger partial charge in [0.15, 0.2) is 0 Å². The first-order valence-electron chi connectivity index (χ1n) is 6.17. The van der Waals surface area contributed by atoms with E-state index in [-0.39, 0.29) is 6.61 Å². The van der Waals surface area contributed by atoms with Crippen molar-refractivity contribution in [2.75, 3.05) is 7.05 Å². The topological polar surface area (TPSA) is 42.4 Å². The van der Waals surface area contributed by atoms with Crippen molar-refractivity contribution in [2.24, 2.45) is 0 Å². The predicted octanol–water partition coefficient (Wildman–Crippen LogP) is 3.50. The van der Waals surface area contributed by atoms with E-state index in [1.807, 2.05) is 30.3 Å². The largest absolute Gasteiger partial charge is 0.445 e. The second-order valence-corrected chi connectivity index (χ2v) is 4.80. The highest BCUT2D eigenvalue weighted by molar-refractivity contribution is 6.30. The Bertz CT molecular complexity index is 575. The standard InChI is InChI=1S/C15H15ClN2O2/c1-18(10-14-9-13(16)7-8-17-14)15(19)20-11-12-5-3-2-4-6-12/h2-9H,10-11H2,1H3. The molecular formula is C15H15ClN2O2. The number of hydrogen-bond donors (Lipinski definition) is 0. The highest BCUT2D eigenvalue weighted by Gasteiger charge is 2.11. The summed E-state index contributed by atoms with van der Waals surface area (Å²) in [4.78, 5) is 17.5. The van der Waals surface area contributed by atoms with Crippen molar-refractivity contribution >= 4 is 17.7 Å². The number of ether oxygens (including phenoxy) is 1. The third-order valence-electron chi connectivity index (χ3n) is 2.69. The Kier molecular flexibility index (Phi) is 4.96. The Morgan fingerprint density at radius 1 is 1.30 bits per heavy atom. The molecule has 0 atom stereocenters. The van der Waals surface area contributed by atoms with Gasteiger partial charge in [0.05, 0.1) is 12.2 Å². The van der Waals surface area contributed by atoms with E-state index in [1.165, 1.54) is 4.90 Å². The fourth-order valence-corrected chi connectivity index (χ4v) is 1.85. The van der Waals surface area contributed by atoms with Gasteiger partial charge in [-0.15, -0.1) is 0 Å². The van der Waals surface area contributed by atoms with Crippen molar-refractivity contribution in [3.8, 4) is 0 Å². The molecule has 0 radical (unpaired) electrons. The van der Waals surface area contributed by atoms with Crippen molar-refractivity contribution in [3.63, 3.8) is 0 Å². The lowest BCUT2D eigenvalue weighted by atomic mass is 10.2. The molecule has 1 amide bonds. The zero-order valence-corrected chi connectivity index (χ0v) is 11.9. The summed E-state index contributed by atoms with van der Waals surface area (Å²) in [5, 5.41) is 0.598. The van der Waals surface area contributed by atoms with E-state index < -0.39 is 6.09 Å². The monoisotopic (exact) mass is 290 g/mol.